The second kappa shape index (κ2) is 5.80. The van der Waals surface area contributed by atoms with E-state index in [1.54, 1.807) is 12.1 Å². The molecule has 2 rings (SSSR count). The van der Waals surface area contributed by atoms with E-state index >= 15 is 0 Å². The number of ether oxygens (including phenoxy) is 1. The zero-order valence-electron chi connectivity index (χ0n) is 10.2. The maximum absolute atomic E-state index is 11.1. The number of nitro groups is 1. The molecule has 0 radical (unpaired) electrons. The Kier molecular flexibility index (Phi) is 3.91. The number of anilines is 1. The Bertz CT molecular complexity index is 556. The van der Waals surface area contributed by atoms with Crippen molar-refractivity contribution in [1.29, 1.82) is 0 Å². The van der Waals surface area contributed by atoms with Crippen LogP contribution in [0.1, 0.15) is 12.7 Å². The molecule has 0 aliphatic carbocycles. The molecule has 100 valence electrons. The highest BCUT2D eigenvalue weighted by Crippen LogP contribution is 2.31. The molecule has 0 saturated heterocycles. The molecule has 19 heavy (non-hydrogen) atoms. The van der Waals surface area contributed by atoms with Gasteiger partial charge in [0.15, 0.2) is 0 Å². The summed E-state index contributed by atoms with van der Waals surface area (Å²) in [5.74, 6) is 0.599. The molecular weight excluding hydrogens is 252 g/mol. The van der Waals surface area contributed by atoms with Crippen LogP contribution in [-0.2, 0) is 6.61 Å². The van der Waals surface area contributed by atoms with Gasteiger partial charge in [-0.15, -0.1) is 0 Å². The lowest BCUT2D eigenvalue weighted by molar-refractivity contribution is -0.385. The average molecular weight is 264 g/mol. The predicted molar refractivity (Wildman–Crippen MR) is 65.9 cm³/mol. The molecule has 0 atom stereocenters. The Morgan fingerprint density at radius 3 is 3.00 bits per heavy atom. The highest BCUT2D eigenvalue weighted by molar-refractivity contribution is 5.60. The largest absolute Gasteiger partial charge is 0.466 e. The molecule has 0 aromatic carbocycles. The summed E-state index contributed by atoms with van der Waals surface area (Å²) in [6, 6.07) is 3.41. The highest BCUT2D eigenvalue weighted by atomic mass is 16.6. The Hall–Kier alpha value is -2.64. The second-order valence-corrected chi connectivity index (χ2v) is 3.53. The van der Waals surface area contributed by atoms with Crippen molar-refractivity contribution in [3.63, 3.8) is 0 Å². The molecule has 2 aromatic heterocycles. The maximum Gasteiger partial charge on any atom is 0.372 e. The van der Waals surface area contributed by atoms with Gasteiger partial charge in [-0.05, 0) is 19.1 Å². The molecule has 1 N–H and O–H groups in total. The molecule has 0 fully saturated rings. The summed E-state index contributed by atoms with van der Waals surface area (Å²) in [5.41, 5.74) is -0.282. The first-order valence-electron chi connectivity index (χ1n) is 5.60. The first-order valence-corrected chi connectivity index (χ1v) is 5.60. The zero-order valence-corrected chi connectivity index (χ0v) is 10.2. The third-order valence-corrected chi connectivity index (χ3v) is 2.25. The van der Waals surface area contributed by atoms with Gasteiger partial charge in [0.25, 0.3) is 5.88 Å². The fraction of sp³-hybridized carbons (Fsp3) is 0.273. The summed E-state index contributed by atoms with van der Waals surface area (Å²) in [4.78, 5) is 18.1. The first kappa shape index (κ1) is 12.8. The lowest BCUT2D eigenvalue weighted by atomic mass is 10.4. The van der Waals surface area contributed by atoms with Crippen LogP contribution < -0.4 is 10.1 Å². The van der Waals surface area contributed by atoms with Crippen LogP contribution in [0.25, 0.3) is 0 Å². The SMILES string of the molecule is CCNc1ncnc(OCc2ccco2)c1[N+](=O)[O-]. The highest BCUT2D eigenvalue weighted by Gasteiger charge is 2.24. The van der Waals surface area contributed by atoms with E-state index in [1.807, 2.05) is 6.92 Å². The lowest BCUT2D eigenvalue weighted by Gasteiger charge is -2.07. The van der Waals surface area contributed by atoms with E-state index in [9.17, 15) is 10.1 Å². The Morgan fingerprint density at radius 2 is 2.37 bits per heavy atom. The molecular formula is C11H12N4O4. The number of rotatable bonds is 6. The van der Waals surface area contributed by atoms with E-state index in [0.717, 1.165) is 0 Å². The van der Waals surface area contributed by atoms with E-state index < -0.39 is 4.92 Å². The van der Waals surface area contributed by atoms with Gasteiger partial charge in [-0.2, -0.15) is 4.98 Å². The second-order valence-electron chi connectivity index (χ2n) is 3.53. The van der Waals surface area contributed by atoms with Crippen LogP contribution in [0.4, 0.5) is 11.5 Å². The van der Waals surface area contributed by atoms with Gasteiger partial charge >= 0.3 is 5.69 Å². The predicted octanol–water partition coefficient (Wildman–Crippen LogP) is 1.99. The van der Waals surface area contributed by atoms with Gasteiger partial charge in [0.05, 0.1) is 11.2 Å². The van der Waals surface area contributed by atoms with Gasteiger partial charge in [-0.25, -0.2) is 4.98 Å². The van der Waals surface area contributed by atoms with Gasteiger partial charge in [0, 0.05) is 6.54 Å². The van der Waals surface area contributed by atoms with E-state index in [0.29, 0.717) is 12.3 Å². The Labute approximate surface area is 108 Å². The van der Waals surface area contributed by atoms with Gasteiger partial charge in [0.2, 0.25) is 5.82 Å². The summed E-state index contributed by atoms with van der Waals surface area (Å²) in [7, 11) is 0. The molecule has 0 unspecified atom stereocenters. The minimum Gasteiger partial charge on any atom is -0.466 e. The standard InChI is InChI=1S/C11H12N4O4/c1-2-12-10-9(15(16)17)11(14-7-13-10)19-6-8-4-3-5-18-8/h3-5,7H,2,6H2,1H3,(H,12,13,14). The van der Waals surface area contributed by atoms with Gasteiger partial charge in [0.1, 0.15) is 18.7 Å². The smallest absolute Gasteiger partial charge is 0.372 e. The van der Waals surface area contributed by atoms with Crippen molar-refractivity contribution < 1.29 is 14.1 Å². The van der Waals surface area contributed by atoms with Crippen molar-refractivity contribution in [2.45, 2.75) is 13.5 Å². The maximum atomic E-state index is 11.1. The van der Waals surface area contributed by atoms with Crippen LogP contribution >= 0.6 is 0 Å². The van der Waals surface area contributed by atoms with Crippen LogP contribution in [0.2, 0.25) is 0 Å². The number of nitrogens with one attached hydrogen (secondary N) is 1. The molecule has 0 amide bonds. The van der Waals surface area contributed by atoms with E-state index in [1.165, 1.54) is 12.6 Å². The summed E-state index contributed by atoms with van der Waals surface area (Å²) in [6.07, 6.45) is 2.71. The van der Waals surface area contributed by atoms with Crippen LogP contribution in [0, 0.1) is 10.1 Å². The van der Waals surface area contributed by atoms with E-state index in [4.69, 9.17) is 9.15 Å². The fourth-order valence-electron chi connectivity index (χ4n) is 1.46. The molecule has 2 aromatic rings. The van der Waals surface area contributed by atoms with Crippen molar-refractivity contribution in [2.24, 2.45) is 0 Å². The third kappa shape index (κ3) is 2.97. The number of aromatic nitrogens is 2. The zero-order chi connectivity index (χ0) is 13.7. The average Bonchev–Trinajstić information content (AvgIpc) is 2.89. The quantitative estimate of drug-likeness (QED) is 0.628. The molecule has 8 nitrogen and oxygen atoms in total. The lowest BCUT2D eigenvalue weighted by Crippen LogP contribution is -2.07. The van der Waals surface area contributed by atoms with Crippen molar-refractivity contribution in [3.8, 4) is 5.88 Å². The monoisotopic (exact) mass is 264 g/mol. The normalized spacial score (nSPS) is 10.2. The minimum atomic E-state index is -0.574. The number of hydrogen-bond donors (Lipinski definition) is 1. The van der Waals surface area contributed by atoms with Crippen LogP contribution in [0.5, 0.6) is 5.88 Å². The molecule has 0 aliphatic rings. The molecule has 0 bridgehead atoms. The molecule has 0 aliphatic heterocycles. The molecule has 0 spiro atoms. The Balaban J connectivity index is 2.23. The summed E-state index contributed by atoms with van der Waals surface area (Å²) in [5, 5.41) is 13.9. The summed E-state index contributed by atoms with van der Waals surface area (Å²) >= 11 is 0. The van der Waals surface area contributed by atoms with Gasteiger partial charge in [-0.1, -0.05) is 0 Å². The number of hydrogen-bond acceptors (Lipinski definition) is 7. The van der Waals surface area contributed by atoms with Crippen molar-refractivity contribution in [2.75, 3.05) is 11.9 Å². The minimum absolute atomic E-state index is 0.0659. The molecule has 0 saturated carbocycles. The molecule has 2 heterocycles. The number of nitrogens with zero attached hydrogens (tertiary/aromatic N) is 3. The van der Waals surface area contributed by atoms with Crippen molar-refractivity contribution in [3.05, 3.63) is 40.6 Å². The first-order chi connectivity index (χ1) is 9.22. The summed E-state index contributed by atoms with van der Waals surface area (Å²) in [6.45, 7) is 2.39. The topological polar surface area (TPSA) is 103 Å². The van der Waals surface area contributed by atoms with Gasteiger partial charge < -0.3 is 14.5 Å². The van der Waals surface area contributed by atoms with E-state index in [-0.39, 0.29) is 24.0 Å². The third-order valence-electron chi connectivity index (χ3n) is 2.25. The fourth-order valence-corrected chi connectivity index (χ4v) is 1.46. The Morgan fingerprint density at radius 1 is 1.53 bits per heavy atom. The van der Waals surface area contributed by atoms with E-state index in [2.05, 4.69) is 15.3 Å². The van der Waals surface area contributed by atoms with Crippen LogP contribution in [-0.4, -0.2) is 21.4 Å². The van der Waals surface area contributed by atoms with Crippen molar-refractivity contribution >= 4 is 11.5 Å². The molecule has 8 heteroatoms. The van der Waals surface area contributed by atoms with Gasteiger partial charge in [-0.3, -0.25) is 10.1 Å². The van der Waals surface area contributed by atoms with Crippen molar-refractivity contribution in [1.82, 2.24) is 9.97 Å². The van der Waals surface area contributed by atoms with Crippen LogP contribution in [0.15, 0.2) is 29.1 Å². The van der Waals surface area contributed by atoms with Crippen LogP contribution in [0.3, 0.4) is 0 Å². The number of furan rings is 1. The summed E-state index contributed by atoms with van der Waals surface area (Å²) < 4.78 is 10.4.